The van der Waals surface area contributed by atoms with E-state index in [1.807, 2.05) is 56.3 Å². The van der Waals surface area contributed by atoms with Gasteiger partial charge in [0.1, 0.15) is 17.5 Å². The maximum absolute atomic E-state index is 13.0. The van der Waals surface area contributed by atoms with Gasteiger partial charge in [0.05, 0.1) is 5.52 Å². The Kier molecular flexibility index (Phi) is 8.74. The van der Waals surface area contributed by atoms with Crippen molar-refractivity contribution < 1.29 is 9.18 Å². The number of anilines is 2. The van der Waals surface area contributed by atoms with E-state index in [0.717, 1.165) is 33.7 Å². The van der Waals surface area contributed by atoms with Crippen molar-refractivity contribution in [3.63, 3.8) is 0 Å². The molecule has 0 fully saturated rings. The van der Waals surface area contributed by atoms with Gasteiger partial charge in [-0.1, -0.05) is 24.3 Å². The number of halogens is 3. The molecule has 5 nitrogen and oxygen atoms in total. The Morgan fingerprint density at radius 2 is 1.58 bits per heavy atom. The molecule has 0 saturated heterocycles. The van der Waals surface area contributed by atoms with E-state index >= 15 is 0 Å². The Morgan fingerprint density at radius 3 is 2.24 bits per heavy atom. The van der Waals surface area contributed by atoms with Crippen molar-refractivity contribution in [3.05, 3.63) is 95.1 Å². The van der Waals surface area contributed by atoms with Crippen LogP contribution in [-0.4, -0.2) is 15.9 Å². The maximum Gasteiger partial charge on any atom is 0.255 e. The number of aryl methyl sites for hydroxylation is 2. The van der Waals surface area contributed by atoms with Crippen LogP contribution in [0.1, 0.15) is 40.3 Å². The molecule has 33 heavy (non-hydrogen) atoms. The molecular weight excluding hydrogens is 462 g/mol. The molecule has 3 aromatic carbocycles. The number of carbonyl (C=O) groups excluding carboxylic acids is 1. The van der Waals surface area contributed by atoms with E-state index in [1.54, 1.807) is 0 Å². The molecule has 0 aliphatic carbocycles. The summed E-state index contributed by atoms with van der Waals surface area (Å²) < 4.78 is 13.0. The van der Waals surface area contributed by atoms with E-state index in [4.69, 9.17) is 0 Å². The van der Waals surface area contributed by atoms with Crippen LogP contribution >= 0.6 is 24.8 Å². The van der Waals surface area contributed by atoms with Crippen LogP contribution in [0, 0.1) is 19.7 Å². The number of para-hydroxylation sites is 1. The first-order valence-electron chi connectivity index (χ1n) is 10.1. The SMILES string of the molecule is Cc1nc(N[C@@H](C)c2ccc(NC(=O)c3ccc(F)cc3)cc2)c2cccc(C)c2n1.Cl.Cl. The highest BCUT2D eigenvalue weighted by atomic mass is 35.5. The number of fused-ring (bicyclic) bond motifs is 1. The molecule has 0 radical (unpaired) electrons. The van der Waals surface area contributed by atoms with Crippen molar-refractivity contribution in [2.45, 2.75) is 26.8 Å². The van der Waals surface area contributed by atoms with Gasteiger partial charge in [-0.3, -0.25) is 4.79 Å². The Hall–Kier alpha value is -3.22. The Morgan fingerprint density at radius 1 is 0.909 bits per heavy atom. The predicted molar refractivity (Wildman–Crippen MR) is 136 cm³/mol. The van der Waals surface area contributed by atoms with Crippen LogP contribution in [0.2, 0.25) is 0 Å². The summed E-state index contributed by atoms with van der Waals surface area (Å²) >= 11 is 0. The van der Waals surface area contributed by atoms with Crippen molar-refractivity contribution in [1.29, 1.82) is 0 Å². The van der Waals surface area contributed by atoms with Gasteiger partial charge in [0.2, 0.25) is 0 Å². The molecule has 1 amide bonds. The largest absolute Gasteiger partial charge is 0.363 e. The lowest BCUT2D eigenvalue weighted by Crippen LogP contribution is -2.12. The van der Waals surface area contributed by atoms with Gasteiger partial charge >= 0.3 is 0 Å². The first kappa shape index (κ1) is 26.0. The average molecular weight is 487 g/mol. The zero-order valence-electron chi connectivity index (χ0n) is 18.4. The second kappa shape index (κ2) is 11.1. The van der Waals surface area contributed by atoms with Gasteiger partial charge in [0, 0.05) is 22.7 Å². The zero-order chi connectivity index (χ0) is 22.0. The second-order valence-corrected chi connectivity index (χ2v) is 7.54. The predicted octanol–water partition coefficient (Wildman–Crippen LogP) is 6.65. The minimum absolute atomic E-state index is 0. The molecule has 2 N–H and O–H groups in total. The van der Waals surface area contributed by atoms with E-state index in [9.17, 15) is 9.18 Å². The first-order valence-corrected chi connectivity index (χ1v) is 10.1. The number of aromatic nitrogens is 2. The molecule has 8 heteroatoms. The Balaban J connectivity index is 0.00000193. The summed E-state index contributed by atoms with van der Waals surface area (Å²) in [6, 6.07) is 19.1. The van der Waals surface area contributed by atoms with Crippen molar-refractivity contribution in [2.75, 3.05) is 10.6 Å². The van der Waals surface area contributed by atoms with Gasteiger partial charge in [-0.05, 0) is 74.4 Å². The van der Waals surface area contributed by atoms with Crippen LogP contribution < -0.4 is 10.6 Å². The summed E-state index contributed by atoms with van der Waals surface area (Å²) in [5, 5.41) is 7.30. The third kappa shape index (κ3) is 5.97. The van der Waals surface area contributed by atoms with Crippen LogP contribution in [0.25, 0.3) is 10.9 Å². The normalized spacial score (nSPS) is 11.2. The Bertz CT molecular complexity index is 1250. The summed E-state index contributed by atoms with van der Waals surface area (Å²) in [5.74, 6) is 0.865. The molecule has 1 aromatic heterocycles. The van der Waals surface area contributed by atoms with E-state index in [2.05, 4.69) is 27.5 Å². The van der Waals surface area contributed by atoms with Crippen LogP contribution in [0.3, 0.4) is 0 Å². The third-order valence-electron chi connectivity index (χ3n) is 5.17. The first-order chi connectivity index (χ1) is 14.9. The summed E-state index contributed by atoms with van der Waals surface area (Å²) in [4.78, 5) is 21.5. The van der Waals surface area contributed by atoms with Gasteiger partial charge < -0.3 is 10.6 Å². The number of benzene rings is 3. The van der Waals surface area contributed by atoms with Crippen molar-refractivity contribution in [2.24, 2.45) is 0 Å². The smallest absolute Gasteiger partial charge is 0.255 e. The minimum Gasteiger partial charge on any atom is -0.363 e. The molecule has 0 bridgehead atoms. The summed E-state index contributed by atoms with van der Waals surface area (Å²) in [5.41, 5.74) is 4.19. The molecule has 0 unspecified atom stereocenters. The van der Waals surface area contributed by atoms with Crippen LogP contribution in [0.4, 0.5) is 15.9 Å². The minimum atomic E-state index is -0.371. The monoisotopic (exact) mass is 486 g/mol. The van der Waals surface area contributed by atoms with Crippen molar-refractivity contribution in [3.8, 4) is 0 Å². The summed E-state index contributed by atoms with van der Waals surface area (Å²) in [7, 11) is 0. The highest BCUT2D eigenvalue weighted by Gasteiger charge is 2.12. The lowest BCUT2D eigenvalue weighted by Gasteiger charge is -2.18. The summed E-state index contributed by atoms with van der Waals surface area (Å²) in [6.45, 7) is 5.99. The van der Waals surface area contributed by atoms with E-state index < -0.39 is 0 Å². The number of amides is 1. The molecule has 4 aromatic rings. The van der Waals surface area contributed by atoms with Gasteiger partial charge in [0.25, 0.3) is 5.91 Å². The number of carbonyl (C=O) groups is 1. The molecule has 4 rings (SSSR count). The van der Waals surface area contributed by atoms with E-state index in [-0.39, 0.29) is 42.6 Å². The number of nitrogens with zero attached hydrogens (tertiary/aromatic N) is 2. The lowest BCUT2D eigenvalue weighted by molar-refractivity contribution is 0.102. The Labute approximate surface area is 204 Å². The fourth-order valence-electron chi connectivity index (χ4n) is 3.47. The highest BCUT2D eigenvalue weighted by molar-refractivity contribution is 6.04. The van der Waals surface area contributed by atoms with Crippen LogP contribution in [0.5, 0.6) is 0 Å². The number of rotatable bonds is 5. The lowest BCUT2D eigenvalue weighted by atomic mass is 10.1. The maximum atomic E-state index is 13.0. The molecule has 1 heterocycles. The number of nitrogens with one attached hydrogen (secondary N) is 2. The molecule has 0 spiro atoms. The van der Waals surface area contributed by atoms with Crippen LogP contribution in [0.15, 0.2) is 66.7 Å². The number of hydrogen-bond donors (Lipinski definition) is 2. The van der Waals surface area contributed by atoms with Gasteiger partial charge in [-0.2, -0.15) is 0 Å². The highest BCUT2D eigenvalue weighted by Crippen LogP contribution is 2.27. The van der Waals surface area contributed by atoms with E-state index in [0.29, 0.717) is 11.3 Å². The quantitative estimate of drug-likeness (QED) is 0.331. The molecule has 0 saturated carbocycles. The second-order valence-electron chi connectivity index (χ2n) is 7.54. The fourth-order valence-corrected chi connectivity index (χ4v) is 3.47. The van der Waals surface area contributed by atoms with Gasteiger partial charge in [-0.25, -0.2) is 14.4 Å². The third-order valence-corrected chi connectivity index (χ3v) is 5.17. The van der Waals surface area contributed by atoms with Crippen molar-refractivity contribution >= 4 is 53.1 Å². The van der Waals surface area contributed by atoms with Crippen molar-refractivity contribution in [1.82, 2.24) is 9.97 Å². The van der Waals surface area contributed by atoms with Gasteiger partial charge in [0.15, 0.2) is 0 Å². The number of hydrogen-bond acceptors (Lipinski definition) is 4. The molecule has 1 atom stereocenters. The molecule has 0 aliphatic heterocycles. The van der Waals surface area contributed by atoms with Gasteiger partial charge in [-0.15, -0.1) is 24.8 Å². The van der Waals surface area contributed by atoms with Crippen LogP contribution in [-0.2, 0) is 0 Å². The fraction of sp³-hybridized carbons (Fsp3) is 0.160. The zero-order valence-corrected chi connectivity index (χ0v) is 20.1. The topological polar surface area (TPSA) is 66.9 Å². The molecule has 172 valence electrons. The summed E-state index contributed by atoms with van der Waals surface area (Å²) in [6.07, 6.45) is 0. The molecule has 0 aliphatic rings. The molecular formula is C25H25Cl2FN4O. The van der Waals surface area contributed by atoms with E-state index in [1.165, 1.54) is 24.3 Å². The standard InChI is InChI=1S/C25H23FN4O.2ClH/c1-15-5-4-6-22-23(15)28-17(3)29-24(22)27-16(2)18-9-13-21(14-10-18)30-25(31)19-7-11-20(26)12-8-19;;/h4-14,16H,1-3H3,(H,30,31)(H,27,28,29);2*1H/t16-;;/m0../s1. The average Bonchev–Trinajstić information content (AvgIpc) is 2.75.